The Labute approximate surface area is 234 Å². The molecule has 2 amide bonds. The van der Waals surface area contributed by atoms with E-state index in [-0.39, 0.29) is 11.9 Å². The first-order chi connectivity index (χ1) is 19.5. The van der Waals surface area contributed by atoms with Crippen LogP contribution in [-0.2, 0) is 0 Å². The molecule has 4 aromatic carbocycles. The Balaban J connectivity index is 1.66. The number of nitrogens with two attached hydrogens (primary N) is 2. The molecule has 1 heterocycles. The van der Waals surface area contributed by atoms with Crippen LogP contribution < -0.4 is 32.5 Å². The van der Waals surface area contributed by atoms with Crippen molar-refractivity contribution in [3.05, 3.63) is 113 Å². The average Bonchev–Trinajstić information content (AvgIpc) is 3.14. The molecule has 7 N–H and O–H groups in total. The van der Waals surface area contributed by atoms with Gasteiger partial charge in [0.25, 0.3) is 0 Å². The zero-order valence-corrected chi connectivity index (χ0v) is 22.6. The second-order valence-electron chi connectivity index (χ2n) is 10.1. The molecule has 5 rings (SSSR count). The van der Waals surface area contributed by atoms with Crippen LogP contribution in [0.15, 0.2) is 96.1 Å². The van der Waals surface area contributed by atoms with Crippen molar-refractivity contribution >= 4 is 23.2 Å². The fourth-order valence-corrected chi connectivity index (χ4v) is 5.33. The molecule has 0 saturated carbocycles. The van der Waals surface area contributed by atoms with Gasteiger partial charge in [-0.05, 0) is 60.2 Å². The van der Waals surface area contributed by atoms with Crippen LogP contribution in [0, 0.1) is 12.8 Å². The molecule has 0 aromatic heterocycles. The van der Waals surface area contributed by atoms with Crippen molar-refractivity contribution in [3.63, 3.8) is 0 Å². The van der Waals surface area contributed by atoms with Crippen molar-refractivity contribution in [1.29, 1.82) is 0 Å². The monoisotopic (exact) mass is 534 g/mol. The van der Waals surface area contributed by atoms with Crippen LogP contribution in [0.4, 0.5) is 16.2 Å². The number of rotatable bonds is 5. The zero-order valence-electron chi connectivity index (χ0n) is 22.6. The molecule has 0 spiro atoms. The largest absolute Gasteiger partial charge is 0.491 e. The molecule has 1 aliphatic rings. The fraction of sp³-hybridized carbons (Fsp3) is 0.188. The molecule has 0 bridgehead atoms. The molecule has 0 fully saturated rings. The maximum absolute atomic E-state index is 13.2. The summed E-state index contributed by atoms with van der Waals surface area (Å²) >= 11 is 0. The van der Waals surface area contributed by atoms with Gasteiger partial charge in [-0.25, -0.2) is 10.6 Å². The third kappa shape index (κ3) is 5.62. The van der Waals surface area contributed by atoms with E-state index in [0.29, 0.717) is 35.5 Å². The van der Waals surface area contributed by atoms with Crippen LogP contribution in [0.3, 0.4) is 0 Å². The van der Waals surface area contributed by atoms with E-state index >= 15 is 0 Å². The number of nitrogens with zero attached hydrogens (tertiary/aromatic N) is 1. The number of carbonyl (C=O) groups excluding carboxylic acids is 1. The number of hydrazone groups is 1. The Morgan fingerprint density at radius 2 is 1.68 bits per heavy atom. The van der Waals surface area contributed by atoms with Gasteiger partial charge in [0.15, 0.2) is 5.84 Å². The highest BCUT2D eigenvalue weighted by Gasteiger charge is 2.30. The highest BCUT2D eigenvalue weighted by molar-refractivity contribution is 6.05. The van der Waals surface area contributed by atoms with Gasteiger partial charge in [-0.3, -0.25) is 0 Å². The molecule has 0 aliphatic carbocycles. The number of amidine groups is 1. The molecule has 40 heavy (non-hydrogen) atoms. The average molecular weight is 535 g/mol. The van der Waals surface area contributed by atoms with Crippen molar-refractivity contribution in [1.82, 2.24) is 5.43 Å². The molecule has 2 atom stereocenters. The predicted molar refractivity (Wildman–Crippen MR) is 161 cm³/mol. The number of hydrogen-bond donors (Lipinski definition) is 5. The van der Waals surface area contributed by atoms with Crippen LogP contribution in [0.2, 0.25) is 0 Å². The Morgan fingerprint density at radius 3 is 2.40 bits per heavy atom. The summed E-state index contributed by atoms with van der Waals surface area (Å²) in [4.78, 5) is 13.2. The molecule has 4 aromatic rings. The van der Waals surface area contributed by atoms with Gasteiger partial charge in [0.2, 0.25) is 0 Å². The van der Waals surface area contributed by atoms with E-state index < -0.39 is 0 Å². The first kappa shape index (κ1) is 26.8. The predicted octanol–water partition coefficient (Wildman–Crippen LogP) is 5.94. The van der Waals surface area contributed by atoms with Gasteiger partial charge in [0.05, 0.1) is 12.3 Å². The van der Waals surface area contributed by atoms with Crippen molar-refractivity contribution in [2.24, 2.45) is 22.7 Å². The topological polar surface area (TPSA) is 127 Å². The van der Waals surface area contributed by atoms with Gasteiger partial charge in [-0.2, -0.15) is 5.10 Å². The van der Waals surface area contributed by atoms with Crippen molar-refractivity contribution < 1.29 is 9.53 Å². The second kappa shape index (κ2) is 11.9. The molecule has 1 aliphatic heterocycles. The van der Waals surface area contributed by atoms with E-state index in [4.69, 9.17) is 16.4 Å². The third-order valence-electron chi connectivity index (χ3n) is 7.32. The highest BCUT2D eigenvalue weighted by Crippen LogP contribution is 2.47. The summed E-state index contributed by atoms with van der Waals surface area (Å²) in [6, 6.07) is 29.5. The van der Waals surface area contributed by atoms with E-state index in [9.17, 15) is 4.79 Å². The lowest BCUT2D eigenvalue weighted by Gasteiger charge is -2.25. The summed E-state index contributed by atoms with van der Waals surface area (Å²) in [5.41, 5.74) is 9.64. The van der Waals surface area contributed by atoms with E-state index in [1.54, 1.807) is 0 Å². The lowest BCUT2D eigenvalue weighted by molar-refractivity contribution is 0.261. The van der Waals surface area contributed by atoms with Gasteiger partial charge in [0.1, 0.15) is 5.75 Å². The number of nitrogens with one attached hydrogen (secondary N) is 3. The number of hydrazine groups is 1. The number of anilines is 2. The number of hydrogen-bond acceptors (Lipinski definition) is 5. The summed E-state index contributed by atoms with van der Waals surface area (Å²) in [6.45, 7) is 4.79. The Morgan fingerprint density at radius 1 is 0.950 bits per heavy atom. The first-order valence-electron chi connectivity index (χ1n) is 13.3. The zero-order chi connectivity index (χ0) is 28.1. The lowest BCUT2D eigenvalue weighted by atomic mass is 9.79. The lowest BCUT2D eigenvalue weighted by Crippen LogP contribution is -2.32. The number of fused-ring (bicyclic) bond motifs is 1. The Bertz CT molecular complexity index is 1520. The quantitative estimate of drug-likeness (QED) is 0.0937. The molecule has 0 saturated heterocycles. The number of urea groups is 1. The van der Waals surface area contributed by atoms with Gasteiger partial charge in [-0.15, -0.1) is 0 Å². The molecule has 204 valence electrons. The molecule has 0 radical (unpaired) electrons. The number of benzene rings is 4. The van der Waals surface area contributed by atoms with Crippen LogP contribution in [0.1, 0.15) is 41.5 Å². The molecule has 8 nitrogen and oxygen atoms in total. The number of carbonyl (C=O) groups is 1. The third-order valence-corrected chi connectivity index (χ3v) is 7.32. The van der Waals surface area contributed by atoms with Gasteiger partial charge in [-0.1, -0.05) is 79.2 Å². The van der Waals surface area contributed by atoms with E-state index in [2.05, 4.69) is 58.4 Å². The standard InChI is InChI=1S/C32H34N6O2/c1-20-12-14-24(15-13-20)35-32(39)36-28-19-23(25-10-6-7-11-26(25)31(37-33)38-34)18-27-29(22-8-4-3-5-9-22)21(2)16-17-40-30(27)28/h3-15,18-19,21,29H,16-17,33-34H2,1-2H3,(H,37,38)(H2,35,36,39). The number of ether oxygens (including phenoxy) is 1. The van der Waals surface area contributed by atoms with Gasteiger partial charge in [0, 0.05) is 22.7 Å². The summed E-state index contributed by atoms with van der Waals surface area (Å²) in [6.07, 6.45) is 0.871. The Hall–Kier alpha value is -4.82. The van der Waals surface area contributed by atoms with Crippen molar-refractivity contribution in [2.45, 2.75) is 26.2 Å². The van der Waals surface area contributed by atoms with Crippen molar-refractivity contribution in [2.75, 3.05) is 17.2 Å². The van der Waals surface area contributed by atoms with Crippen LogP contribution in [-0.4, -0.2) is 18.5 Å². The maximum Gasteiger partial charge on any atom is 0.323 e. The Kier molecular flexibility index (Phi) is 7.98. The summed E-state index contributed by atoms with van der Waals surface area (Å²) in [7, 11) is 0. The van der Waals surface area contributed by atoms with E-state index in [1.807, 2.05) is 67.6 Å². The molecule has 2 unspecified atom stereocenters. The van der Waals surface area contributed by atoms with Crippen molar-refractivity contribution in [3.8, 4) is 16.9 Å². The minimum atomic E-state index is -0.360. The van der Waals surface area contributed by atoms with Gasteiger partial charge >= 0.3 is 6.03 Å². The first-order valence-corrected chi connectivity index (χ1v) is 13.3. The molecule has 8 heteroatoms. The summed E-state index contributed by atoms with van der Waals surface area (Å²) in [5.74, 6) is 12.8. The maximum atomic E-state index is 13.2. The minimum Gasteiger partial charge on any atom is -0.491 e. The number of aryl methyl sites for hydroxylation is 1. The van der Waals surface area contributed by atoms with E-state index in [0.717, 1.165) is 34.2 Å². The van der Waals surface area contributed by atoms with Crippen LogP contribution in [0.25, 0.3) is 11.1 Å². The summed E-state index contributed by atoms with van der Waals surface area (Å²) < 4.78 is 6.36. The highest BCUT2D eigenvalue weighted by atomic mass is 16.5. The number of amides is 2. The van der Waals surface area contributed by atoms with Crippen LogP contribution in [0.5, 0.6) is 5.75 Å². The smallest absolute Gasteiger partial charge is 0.323 e. The van der Waals surface area contributed by atoms with E-state index in [1.165, 1.54) is 5.56 Å². The fourth-order valence-electron chi connectivity index (χ4n) is 5.33. The summed E-state index contributed by atoms with van der Waals surface area (Å²) in [5, 5.41) is 9.84. The minimum absolute atomic E-state index is 0.0572. The van der Waals surface area contributed by atoms with Crippen LogP contribution >= 0.6 is 0 Å². The SMILES string of the molecule is Cc1ccc(NC(=O)Nc2cc(-c3ccccc3/C(=N/N)NN)cc3c2OCCC(C)C3c2ccccc2)cc1. The molecular weight excluding hydrogens is 500 g/mol. The normalized spacial score (nSPS) is 16.7. The second-order valence-corrected chi connectivity index (χ2v) is 10.1. The van der Waals surface area contributed by atoms with Gasteiger partial charge < -0.3 is 26.6 Å². The molecular formula is C32H34N6O2.